The molecule has 0 saturated heterocycles. The molecular formula is C17H15N3O3. The molecule has 1 amide bonds. The molecule has 0 saturated carbocycles. The number of pyridine rings is 1. The average Bonchev–Trinajstić information content (AvgIpc) is 3.02. The highest BCUT2D eigenvalue weighted by Crippen LogP contribution is 2.08. The van der Waals surface area contributed by atoms with Crippen LogP contribution in [0.3, 0.4) is 0 Å². The maximum absolute atomic E-state index is 12.2. The largest absolute Gasteiger partial charge is 0.465 e. The average molecular weight is 309 g/mol. The minimum Gasteiger partial charge on any atom is -0.465 e. The Labute approximate surface area is 132 Å². The number of imidazole rings is 1. The number of nitrogens with one attached hydrogen (secondary N) is 1. The Morgan fingerprint density at radius 2 is 2.00 bits per heavy atom. The quantitative estimate of drug-likeness (QED) is 0.749. The van der Waals surface area contributed by atoms with E-state index >= 15 is 0 Å². The molecule has 0 aliphatic carbocycles. The maximum Gasteiger partial charge on any atom is 0.337 e. The van der Waals surface area contributed by atoms with Gasteiger partial charge in [-0.1, -0.05) is 12.1 Å². The van der Waals surface area contributed by atoms with Crippen molar-refractivity contribution in [2.45, 2.75) is 6.54 Å². The van der Waals surface area contributed by atoms with Gasteiger partial charge in [-0.2, -0.15) is 0 Å². The SMILES string of the molecule is COC(=O)c1cccc(C(=O)NCc2cn3ccccc3n2)c1. The van der Waals surface area contributed by atoms with Crippen molar-refractivity contribution in [1.82, 2.24) is 14.7 Å². The summed E-state index contributed by atoms with van der Waals surface area (Å²) in [4.78, 5) is 28.1. The van der Waals surface area contributed by atoms with Crippen LogP contribution in [0.2, 0.25) is 0 Å². The first-order chi connectivity index (χ1) is 11.2. The van der Waals surface area contributed by atoms with E-state index < -0.39 is 5.97 Å². The first kappa shape index (κ1) is 14.8. The van der Waals surface area contributed by atoms with E-state index in [0.29, 0.717) is 17.7 Å². The highest BCUT2D eigenvalue weighted by Gasteiger charge is 2.11. The molecule has 0 aliphatic heterocycles. The molecule has 0 spiro atoms. The number of amides is 1. The van der Waals surface area contributed by atoms with Gasteiger partial charge in [0, 0.05) is 18.0 Å². The minimum absolute atomic E-state index is 0.271. The molecule has 1 N–H and O–H groups in total. The molecule has 0 fully saturated rings. The molecule has 2 heterocycles. The molecule has 116 valence electrons. The number of ether oxygens (including phenoxy) is 1. The summed E-state index contributed by atoms with van der Waals surface area (Å²) in [6, 6.07) is 12.1. The zero-order chi connectivity index (χ0) is 16.2. The number of aromatic nitrogens is 2. The van der Waals surface area contributed by atoms with Crippen LogP contribution in [0.15, 0.2) is 54.9 Å². The van der Waals surface area contributed by atoms with Gasteiger partial charge in [-0.25, -0.2) is 9.78 Å². The number of hydrogen-bond donors (Lipinski definition) is 1. The molecule has 6 nitrogen and oxygen atoms in total. The summed E-state index contributed by atoms with van der Waals surface area (Å²) in [5.74, 6) is -0.743. The molecule has 3 rings (SSSR count). The number of carbonyl (C=O) groups excluding carboxylic acids is 2. The molecule has 0 bridgehead atoms. The molecule has 0 radical (unpaired) electrons. The van der Waals surface area contributed by atoms with Crippen LogP contribution in [0.1, 0.15) is 26.4 Å². The number of rotatable bonds is 4. The van der Waals surface area contributed by atoms with E-state index in [1.165, 1.54) is 13.2 Å². The first-order valence-electron chi connectivity index (χ1n) is 7.06. The fraction of sp³-hybridized carbons (Fsp3) is 0.118. The van der Waals surface area contributed by atoms with Gasteiger partial charge in [-0.05, 0) is 30.3 Å². The number of carbonyl (C=O) groups is 2. The number of benzene rings is 1. The first-order valence-corrected chi connectivity index (χ1v) is 7.06. The van der Waals surface area contributed by atoms with E-state index in [0.717, 1.165) is 11.3 Å². The van der Waals surface area contributed by atoms with Crippen LogP contribution in [0, 0.1) is 0 Å². The fourth-order valence-electron chi connectivity index (χ4n) is 2.25. The molecule has 23 heavy (non-hydrogen) atoms. The maximum atomic E-state index is 12.2. The fourth-order valence-corrected chi connectivity index (χ4v) is 2.25. The number of hydrogen-bond acceptors (Lipinski definition) is 4. The monoisotopic (exact) mass is 309 g/mol. The Balaban J connectivity index is 1.70. The van der Waals surface area contributed by atoms with Crippen molar-refractivity contribution in [2.24, 2.45) is 0 Å². The second-order valence-corrected chi connectivity index (χ2v) is 4.95. The van der Waals surface area contributed by atoms with Crippen molar-refractivity contribution < 1.29 is 14.3 Å². The molecule has 6 heteroatoms. The van der Waals surface area contributed by atoms with E-state index in [2.05, 4.69) is 15.0 Å². The van der Waals surface area contributed by atoms with Crippen molar-refractivity contribution in [1.29, 1.82) is 0 Å². The number of methoxy groups -OCH3 is 1. The van der Waals surface area contributed by atoms with Crippen molar-refractivity contribution in [3.05, 3.63) is 71.7 Å². The van der Waals surface area contributed by atoms with Crippen molar-refractivity contribution in [2.75, 3.05) is 7.11 Å². The standard InChI is InChI=1S/C17H15N3O3/c1-23-17(22)13-6-4-5-12(9-13)16(21)18-10-14-11-20-8-3-2-7-15(20)19-14/h2-9,11H,10H2,1H3,(H,18,21). The van der Waals surface area contributed by atoms with Crippen molar-refractivity contribution in [3.63, 3.8) is 0 Å². The summed E-state index contributed by atoms with van der Waals surface area (Å²) in [6.07, 6.45) is 3.76. The van der Waals surface area contributed by atoms with Crippen LogP contribution in [-0.4, -0.2) is 28.4 Å². The minimum atomic E-state index is -0.472. The van der Waals surface area contributed by atoms with Crippen LogP contribution in [-0.2, 0) is 11.3 Å². The van der Waals surface area contributed by atoms with E-state index in [1.807, 2.05) is 35.0 Å². The molecule has 3 aromatic rings. The number of esters is 1. The van der Waals surface area contributed by atoms with Crippen molar-refractivity contribution in [3.8, 4) is 0 Å². The summed E-state index contributed by atoms with van der Waals surface area (Å²) < 4.78 is 6.54. The van der Waals surface area contributed by atoms with Crippen LogP contribution in [0.4, 0.5) is 0 Å². The topological polar surface area (TPSA) is 72.7 Å². The van der Waals surface area contributed by atoms with E-state index in [-0.39, 0.29) is 5.91 Å². The van der Waals surface area contributed by atoms with Gasteiger partial charge in [0.1, 0.15) is 5.65 Å². The summed E-state index contributed by atoms with van der Waals surface area (Å²) in [5.41, 5.74) is 2.32. The molecular weight excluding hydrogens is 294 g/mol. The molecule has 1 aromatic carbocycles. The van der Waals surface area contributed by atoms with E-state index in [1.54, 1.807) is 18.2 Å². The molecule has 2 aromatic heterocycles. The summed E-state index contributed by atoms with van der Waals surface area (Å²) in [7, 11) is 1.30. The van der Waals surface area contributed by atoms with Gasteiger partial charge >= 0.3 is 5.97 Å². The molecule has 0 aliphatic rings. The predicted molar refractivity (Wildman–Crippen MR) is 84.1 cm³/mol. The lowest BCUT2D eigenvalue weighted by Crippen LogP contribution is -2.23. The van der Waals surface area contributed by atoms with Gasteiger partial charge in [0.25, 0.3) is 5.91 Å². The summed E-state index contributed by atoms with van der Waals surface area (Å²) in [5, 5.41) is 2.79. The zero-order valence-electron chi connectivity index (χ0n) is 12.5. The van der Waals surface area contributed by atoms with Gasteiger partial charge in [0.2, 0.25) is 0 Å². The highest BCUT2D eigenvalue weighted by molar-refractivity contribution is 5.97. The van der Waals surface area contributed by atoms with Crippen molar-refractivity contribution >= 4 is 17.5 Å². The van der Waals surface area contributed by atoms with Crippen LogP contribution >= 0.6 is 0 Å². The summed E-state index contributed by atoms with van der Waals surface area (Å²) >= 11 is 0. The van der Waals surface area contributed by atoms with Gasteiger partial charge < -0.3 is 14.5 Å². The molecule has 0 unspecified atom stereocenters. The Kier molecular flexibility index (Phi) is 4.05. The Morgan fingerprint density at radius 3 is 2.78 bits per heavy atom. The van der Waals surface area contributed by atoms with Gasteiger partial charge in [0.05, 0.1) is 24.9 Å². The predicted octanol–water partition coefficient (Wildman–Crippen LogP) is 2.05. The number of nitrogens with zero attached hydrogens (tertiary/aromatic N) is 2. The van der Waals surface area contributed by atoms with Gasteiger partial charge in [-0.15, -0.1) is 0 Å². The van der Waals surface area contributed by atoms with Crippen LogP contribution < -0.4 is 5.32 Å². The number of fused-ring (bicyclic) bond motifs is 1. The second-order valence-electron chi connectivity index (χ2n) is 4.95. The lowest BCUT2D eigenvalue weighted by atomic mass is 10.1. The third kappa shape index (κ3) is 3.21. The summed E-state index contributed by atoms with van der Waals surface area (Å²) in [6.45, 7) is 0.308. The normalized spacial score (nSPS) is 10.5. The Morgan fingerprint density at radius 1 is 1.17 bits per heavy atom. The van der Waals surface area contributed by atoms with Gasteiger partial charge in [-0.3, -0.25) is 4.79 Å². The zero-order valence-corrected chi connectivity index (χ0v) is 12.5. The van der Waals surface area contributed by atoms with Crippen LogP contribution in [0.5, 0.6) is 0 Å². The third-order valence-electron chi connectivity index (χ3n) is 3.39. The Bertz CT molecular complexity index is 837. The highest BCUT2D eigenvalue weighted by atomic mass is 16.5. The third-order valence-corrected chi connectivity index (χ3v) is 3.39. The van der Waals surface area contributed by atoms with E-state index in [9.17, 15) is 9.59 Å². The Hall–Kier alpha value is -3.15. The van der Waals surface area contributed by atoms with Crippen LogP contribution in [0.25, 0.3) is 5.65 Å². The smallest absolute Gasteiger partial charge is 0.337 e. The lowest BCUT2D eigenvalue weighted by molar-refractivity contribution is 0.0600. The van der Waals surface area contributed by atoms with E-state index in [4.69, 9.17) is 0 Å². The lowest BCUT2D eigenvalue weighted by Gasteiger charge is -2.05. The van der Waals surface area contributed by atoms with Gasteiger partial charge in [0.15, 0.2) is 0 Å². The second kappa shape index (κ2) is 6.31. The molecule has 0 atom stereocenters.